The average Bonchev–Trinajstić information content (AvgIpc) is 2.36. The largest absolute Gasteiger partial charge is 0.342 e. The highest BCUT2D eigenvalue weighted by Crippen LogP contribution is 2.24. The Bertz CT molecular complexity index is 582. The van der Waals surface area contributed by atoms with Gasteiger partial charge in [-0.3, -0.25) is 9.59 Å². The molecule has 0 aliphatic carbocycles. The van der Waals surface area contributed by atoms with Crippen molar-refractivity contribution in [2.75, 3.05) is 6.54 Å². The Balaban J connectivity index is 2.20. The third-order valence-electron chi connectivity index (χ3n) is 3.42. The number of nitrogens with one attached hydrogen (secondary N) is 1. The fraction of sp³-hybridized carbons (Fsp3) is 0.467. The highest BCUT2D eigenvalue weighted by molar-refractivity contribution is 5.95. The van der Waals surface area contributed by atoms with Crippen LogP contribution in [0.4, 0.5) is 8.78 Å². The summed E-state index contributed by atoms with van der Waals surface area (Å²) >= 11 is 0. The van der Waals surface area contributed by atoms with Crippen LogP contribution < -0.4 is 5.32 Å². The zero-order valence-corrected chi connectivity index (χ0v) is 12.2. The molecule has 1 heterocycles. The van der Waals surface area contributed by atoms with Crippen LogP contribution in [0.1, 0.15) is 26.3 Å². The molecule has 114 valence electrons. The van der Waals surface area contributed by atoms with E-state index in [1.54, 1.807) is 0 Å². The standard InChI is InChI=1S/C15H18F2N2O2/c1-15(2,3)13-14(21)19(8-12(20)18-13)7-9-4-5-10(16)11(17)6-9/h4-6,13H,7-8H2,1-3H3,(H,18,20). The summed E-state index contributed by atoms with van der Waals surface area (Å²) < 4.78 is 26.1. The van der Waals surface area contributed by atoms with E-state index >= 15 is 0 Å². The Morgan fingerprint density at radius 2 is 1.90 bits per heavy atom. The minimum absolute atomic E-state index is 0.0790. The third kappa shape index (κ3) is 3.37. The molecule has 2 amide bonds. The van der Waals surface area contributed by atoms with Gasteiger partial charge in [-0.25, -0.2) is 8.78 Å². The lowest BCUT2D eigenvalue weighted by Gasteiger charge is -2.38. The van der Waals surface area contributed by atoms with Gasteiger partial charge in [-0.1, -0.05) is 26.8 Å². The molecule has 0 radical (unpaired) electrons. The van der Waals surface area contributed by atoms with Crippen LogP contribution in [-0.2, 0) is 16.1 Å². The second-order valence-corrected chi connectivity index (χ2v) is 6.31. The summed E-state index contributed by atoms with van der Waals surface area (Å²) in [5.41, 5.74) is 0.0315. The van der Waals surface area contributed by atoms with Gasteiger partial charge in [0.2, 0.25) is 11.8 Å². The summed E-state index contributed by atoms with van der Waals surface area (Å²) in [6.45, 7) is 5.57. The molecule has 2 rings (SSSR count). The van der Waals surface area contributed by atoms with Crippen molar-refractivity contribution in [2.45, 2.75) is 33.4 Å². The number of nitrogens with zero attached hydrogens (tertiary/aromatic N) is 1. The minimum Gasteiger partial charge on any atom is -0.342 e. The van der Waals surface area contributed by atoms with Gasteiger partial charge < -0.3 is 10.2 Å². The molecule has 1 aromatic carbocycles. The van der Waals surface area contributed by atoms with Crippen molar-refractivity contribution in [3.8, 4) is 0 Å². The predicted molar refractivity (Wildman–Crippen MR) is 73.2 cm³/mol. The molecule has 0 spiro atoms. The second kappa shape index (κ2) is 5.42. The van der Waals surface area contributed by atoms with E-state index in [1.807, 2.05) is 20.8 Å². The second-order valence-electron chi connectivity index (χ2n) is 6.31. The van der Waals surface area contributed by atoms with Crippen molar-refractivity contribution < 1.29 is 18.4 Å². The van der Waals surface area contributed by atoms with Crippen LogP contribution in [0, 0.1) is 17.0 Å². The summed E-state index contributed by atoms with van der Waals surface area (Å²) in [6.07, 6.45) is 0. The molecule has 1 fully saturated rings. The molecule has 0 aromatic heterocycles. The van der Waals surface area contributed by atoms with Crippen molar-refractivity contribution in [3.63, 3.8) is 0 Å². The molecule has 4 nitrogen and oxygen atoms in total. The number of hydrogen-bond acceptors (Lipinski definition) is 2. The van der Waals surface area contributed by atoms with Crippen molar-refractivity contribution >= 4 is 11.8 Å². The first-order valence-electron chi connectivity index (χ1n) is 6.70. The van der Waals surface area contributed by atoms with Crippen molar-refractivity contribution in [1.82, 2.24) is 10.2 Å². The number of carbonyl (C=O) groups excluding carboxylic acids is 2. The molecule has 21 heavy (non-hydrogen) atoms. The fourth-order valence-electron chi connectivity index (χ4n) is 2.28. The molecule has 6 heteroatoms. The lowest BCUT2D eigenvalue weighted by atomic mass is 9.84. The van der Waals surface area contributed by atoms with Crippen LogP contribution in [-0.4, -0.2) is 29.3 Å². The van der Waals surface area contributed by atoms with Crippen molar-refractivity contribution in [1.29, 1.82) is 0 Å². The van der Waals surface area contributed by atoms with E-state index in [1.165, 1.54) is 11.0 Å². The minimum atomic E-state index is -0.964. The van der Waals surface area contributed by atoms with Gasteiger partial charge >= 0.3 is 0 Å². The lowest BCUT2D eigenvalue weighted by Crippen LogP contribution is -2.61. The van der Waals surface area contributed by atoms with E-state index in [-0.39, 0.29) is 24.9 Å². The van der Waals surface area contributed by atoms with E-state index in [2.05, 4.69) is 5.32 Å². The normalized spacial score (nSPS) is 19.7. The fourth-order valence-corrected chi connectivity index (χ4v) is 2.28. The first-order chi connectivity index (χ1) is 9.68. The molecular formula is C15H18F2N2O2. The first kappa shape index (κ1) is 15.4. The molecule has 1 aliphatic rings. The smallest absolute Gasteiger partial charge is 0.246 e. The third-order valence-corrected chi connectivity index (χ3v) is 3.42. The van der Waals surface area contributed by atoms with Gasteiger partial charge in [0.05, 0.1) is 6.54 Å². The van der Waals surface area contributed by atoms with Gasteiger partial charge in [0.1, 0.15) is 6.04 Å². The number of amides is 2. The summed E-state index contributed by atoms with van der Waals surface area (Å²) in [6, 6.07) is 2.84. The van der Waals surface area contributed by atoms with E-state index in [0.29, 0.717) is 5.56 Å². The summed E-state index contributed by atoms with van der Waals surface area (Å²) in [5, 5.41) is 2.68. The van der Waals surface area contributed by atoms with Gasteiger partial charge in [-0.05, 0) is 23.1 Å². The van der Waals surface area contributed by atoms with Gasteiger partial charge in [0.15, 0.2) is 11.6 Å². The number of benzene rings is 1. The van der Waals surface area contributed by atoms with Crippen molar-refractivity contribution in [2.24, 2.45) is 5.41 Å². The van der Waals surface area contributed by atoms with Crippen LogP contribution in [0.15, 0.2) is 18.2 Å². The molecule has 1 N–H and O–H groups in total. The van der Waals surface area contributed by atoms with Crippen LogP contribution in [0.3, 0.4) is 0 Å². The highest BCUT2D eigenvalue weighted by Gasteiger charge is 2.39. The van der Waals surface area contributed by atoms with Crippen LogP contribution in [0.2, 0.25) is 0 Å². The van der Waals surface area contributed by atoms with E-state index < -0.39 is 23.1 Å². The SMILES string of the molecule is CC(C)(C)C1NC(=O)CN(Cc2ccc(F)c(F)c2)C1=O. The Kier molecular flexibility index (Phi) is 3.98. The topological polar surface area (TPSA) is 49.4 Å². The maximum Gasteiger partial charge on any atom is 0.246 e. The maximum atomic E-state index is 13.2. The highest BCUT2D eigenvalue weighted by atomic mass is 19.2. The average molecular weight is 296 g/mol. The van der Waals surface area contributed by atoms with E-state index in [4.69, 9.17) is 0 Å². The zero-order valence-electron chi connectivity index (χ0n) is 12.2. The van der Waals surface area contributed by atoms with Gasteiger partial charge in [0, 0.05) is 6.54 Å². The summed E-state index contributed by atoms with van der Waals surface area (Å²) in [7, 11) is 0. The molecule has 1 aromatic rings. The van der Waals surface area contributed by atoms with Crippen LogP contribution in [0.25, 0.3) is 0 Å². The van der Waals surface area contributed by atoms with Gasteiger partial charge in [-0.15, -0.1) is 0 Å². The Morgan fingerprint density at radius 3 is 2.48 bits per heavy atom. The maximum absolute atomic E-state index is 13.2. The Labute approximate surface area is 122 Å². The van der Waals surface area contributed by atoms with Crippen molar-refractivity contribution in [3.05, 3.63) is 35.4 Å². The Hall–Kier alpha value is -1.98. The number of carbonyl (C=O) groups is 2. The molecule has 1 unspecified atom stereocenters. The number of rotatable bonds is 2. The lowest BCUT2D eigenvalue weighted by molar-refractivity contribution is -0.147. The van der Waals surface area contributed by atoms with Gasteiger partial charge in [0.25, 0.3) is 0 Å². The van der Waals surface area contributed by atoms with E-state index in [9.17, 15) is 18.4 Å². The first-order valence-corrected chi connectivity index (χ1v) is 6.70. The van der Waals surface area contributed by atoms with E-state index in [0.717, 1.165) is 12.1 Å². The van der Waals surface area contributed by atoms with Gasteiger partial charge in [-0.2, -0.15) is 0 Å². The molecule has 1 aliphatic heterocycles. The summed E-state index contributed by atoms with van der Waals surface area (Å²) in [5.74, 6) is -2.37. The number of piperazine rings is 1. The quantitative estimate of drug-likeness (QED) is 0.905. The number of hydrogen-bond donors (Lipinski definition) is 1. The number of halogens is 2. The summed E-state index contributed by atoms with van der Waals surface area (Å²) in [4.78, 5) is 25.5. The Morgan fingerprint density at radius 1 is 1.24 bits per heavy atom. The van der Waals surface area contributed by atoms with Crippen LogP contribution in [0.5, 0.6) is 0 Å². The monoisotopic (exact) mass is 296 g/mol. The molecule has 1 atom stereocenters. The predicted octanol–water partition coefficient (Wildman–Crippen LogP) is 1.84. The molecule has 1 saturated heterocycles. The zero-order chi connectivity index (χ0) is 15.8. The van der Waals surface area contributed by atoms with Crippen LogP contribution >= 0.6 is 0 Å². The molecule has 0 saturated carbocycles. The molecular weight excluding hydrogens is 278 g/mol. The molecule has 0 bridgehead atoms.